The van der Waals surface area contributed by atoms with Crippen molar-refractivity contribution < 1.29 is 14.7 Å². The van der Waals surface area contributed by atoms with Crippen LogP contribution in [0, 0.1) is 0 Å². The SMILES string of the molecule is CCCN(CCC)C(=O)C1=Cc2ccc(-c3ccc(C(=O)N4CC[C@H](O)C4)cc3)cc2N=C(N)C1. The summed E-state index contributed by atoms with van der Waals surface area (Å²) < 4.78 is 0. The minimum atomic E-state index is -0.433. The van der Waals surface area contributed by atoms with Crippen molar-refractivity contribution in [1.29, 1.82) is 0 Å². The number of nitrogens with zero attached hydrogens (tertiary/aromatic N) is 3. The maximum atomic E-state index is 13.2. The Bertz CT molecular complexity index is 1150. The van der Waals surface area contributed by atoms with Gasteiger partial charge in [0.15, 0.2) is 0 Å². The number of nitrogens with two attached hydrogens (primary N) is 1. The fourth-order valence-electron chi connectivity index (χ4n) is 4.68. The fraction of sp³-hybridized carbons (Fsp3) is 0.393. The van der Waals surface area contributed by atoms with Gasteiger partial charge in [0.05, 0.1) is 11.8 Å². The number of carbonyl (C=O) groups excluding carboxylic acids is 2. The Hall–Kier alpha value is -3.45. The third-order valence-corrected chi connectivity index (χ3v) is 6.46. The molecule has 2 amide bonds. The lowest BCUT2D eigenvalue weighted by Crippen LogP contribution is -2.34. The topological polar surface area (TPSA) is 99.2 Å². The van der Waals surface area contributed by atoms with Crippen molar-refractivity contribution in [2.24, 2.45) is 10.7 Å². The van der Waals surface area contributed by atoms with Gasteiger partial charge in [-0.1, -0.05) is 38.1 Å². The standard InChI is InChI=1S/C28H34N4O3/c1-3-12-31(13-4-2)28(35)23-15-22-10-9-21(16-25(22)30-26(29)17-23)19-5-7-20(8-6-19)27(34)32-14-11-24(33)18-32/h5-10,15-16,24,33H,3-4,11-14,17-18H2,1-2H3,(H2,29,30)/t24-/m0/s1. The largest absolute Gasteiger partial charge is 0.391 e. The van der Waals surface area contributed by atoms with E-state index in [9.17, 15) is 14.7 Å². The number of likely N-dealkylation sites (tertiary alicyclic amines) is 1. The van der Waals surface area contributed by atoms with Gasteiger partial charge in [0.2, 0.25) is 5.91 Å². The van der Waals surface area contributed by atoms with Crippen LogP contribution in [0.25, 0.3) is 17.2 Å². The summed E-state index contributed by atoms with van der Waals surface area (Å²) in [6, 6.07) is 13.4. The molecular formula is C28H34N4O3. The number of aliphatic imine (C=N–C) groups is 1. The molecule has 7 nitrogen and oxygen atoms in total. The minimum absolute atomic E-state index is 0.0227. The molecule has 0 aromatic heterocycles. The Morgan fingerprint density at radius 1 is 1.09 bits per heavy atom. The molecule has 1 atom stereocenters. The van der Waals surface area contributed by atoms with Crippen LogP contribution in [0.4, 0.5) is 5.69 Å². The molecule has 4 rings (SSSR count). The van der Waals surface area contributed by atoms with Crippen molar-refractivity contribution >= 4 is 29.4 Å². The van der Waals surface area contributed by atoms with Gasteiger partial charge in [-0.15, -0.1) is 0 Å². The first-order valence-corrected chi connectivity index (χ1v) is 12.4. The molecule has 0 spiro atoms. The fourth-order valence-corrected chi connectivity index (χ4v) is 4.68. The summed E-state index contributed by atoms with van der Waals surface area (Å²) in [5.74, 6) is 0.381. The van der Waals surface area contributed by atoms with Gasteiger partial charge in [-0.25, -0.2) is 4.99 Å². The minimum Gasteiger partial charge on any atom is -0.391 e. The van der Waals surface area contributed by atoms with Crippen molar-refractivity contribution in [3.05, 3.63) is 59.2 Å². The van der Waals surface area contributed by atoms with E-state index < -0.39 is 6.10 Å². The molecule has 184 valence electrons. The van der Waals surface area contributed by atoms with Crippen LogP contribution in [-0.2, 0) is 4.79 Å². The maximum absolute atomic E-state index is 13.2. The summed E-state index contributed by atoms with van der Waals surface area (Å²) in [7, 11) is 0. The lowest BCUT2D eigenvalue weighted by atomic mass is 9.99. The Morgan fingerprint density at radius 2 is 1.77 bits per heavy atom. The monoisotopic (exact) mass is 474 g/mol. The normalized spacial score (nSPS) is 17.3. The van der Waals surface area contributed by atoms with E-state index in [0.717, 1.165) is 48.3 Å². The molecule has 2 aliphatic rings. The number of fused-ring (bicyclic) bond motifs is 1. The molecule has 0 radical (unpaired) electrons. The number of hydrogen-bond donors (Lipinski definition) is 2. The number of β-amino-alcohol motifs (C(OH)–C–C–N with tert-alkyl or cyclic N) is 1. The number of hydrogen-bond acceptors (Lipinski definition) is 5. The molecule has 2 heterocycles. The van der Waals surface area contributed by atoms with E-state index in [1.807, 2.05) is 53.4 Å². The van der Waals surface area contributed by atoms with Gasteiger partial charge in [0, 0.05) is 49.3 Å². The molecule has 0 saturated carbocycles. The van der Waals surface area contributed by atoms with Crippen molar-refractivity contribution in [3.8, 4) is 11.1 Å². The highest BCUT2D eigenvalue weighted by atomic mass is 16.3. The number of aliphatic hydroxyl groups is 1. The molecule has 1 fully saturated rings. The van der Waals surface area contributed by atoms with Crippen LogP contribution < -0.4 is 5.73 Å². The molecule has 7 heteroatoms. The second-order valence-electron chi connectivity index (χ2n) is 9.29. The molecule has 1 saturated heterocycles. The predicted molar refractivity (Wildman–Crippen MR) is 139 cm³/mol. The maximum Gasteiger partial charge on any atom is 0.253 e. The van der Waals surface area contributed by atoms with Gasteiger partial charge in [-0.2, -0.15) is 0 Å². The van der Waals surface area contributed by atoms with Gasteiger partial charge in [-0.05, 0) is 54.7 Å². The summed E-state index contributed by atoms with van der Waals surface area (Å²) in [6.45, 7) is 6.57. The van der Waals surface area contributed by atoms with Crippen LogP contribution in [0.3, 0.4) is 0 Å². The van der Waals surface area contributed by atoms with Crippen molar-refractivity contribution in [2.75, 3.05) is 26.2 Å². The van der Waals surface area contributed by atoms with E-state index in [-0.39, 0.29) is 11.8 Å². The number of carbonyl (C=O) groups is 2. The second-order valence-corrected chi connectivity index (χ2v) is 9.29. The van der Waals surface area contributed by atoms with E-state index in [1.54, 1.807) is 4.90 Å². The number of amidine groups is 1. The number of rotatable bonds is 7. The van der Waals surface area contributed by atoms with Crippen LogP contribution in [0.15, 0.2) is 53.0 Å². The van der Waals surface area contributed by atoms with E-state index >= 15 is 0 Å². The van der Waals surface area contributed by atoms with Gasteiger partial charge < -0.3 is 20.6 Å². The highest BCUT2D eigenvalue weighted by molar-refractivity contribution is 6.05. The zero-order valence-corrected chi connectivity index (χ0v) is 20.5. The highest BCUT2D eigenvalue weighted by Gasteiger charge is 2.25. The quantitative estimate of drug-likeness (QED) is 0.634. The average Bonchev–Trinajstić information content (AvgIpc) is 3.21. The van der Waals surface area contributed by atoms with E-state index in [0.29, 0.717) is 42.9 Å². The molecule has 0 bridgehead atoms. The predicted octanol–water partition coefficient (Wildman–Crippen LogP) is 3.98. The third-order valence-electron chi connectivity index (χ3n) is 6.46. The summed E-state index contributed by atoms with van der Waals surface area (Å²) in [5, 5.41) is 9.71. The van der Waals surface area contributed by atoms with Crippen LogP contribution in [0.5, 0.6) is 0 Å². The summed E-state index contributed by atoms with van der Waals surface area (Å²) in [6.07, 6.45) is 4.25. The Balaban J connectivity index is 1.57. The first-order chi connectivity index (χ1) is 16.9. The number of aliphatic hydroxyl groups excluding tert-OH is 1. The molecule has 3 N–H and O–H groups in total. The Labute approximate surface area is 206 Å². The number of amides is 2. The van der Waals surface area contributed by atoms with Crippen LogP contribution >= 0.6 is 0 Å². The smallest absolute Gasteiger partial charge is 0.253 e. The summed E-state index contributed by atoms with van der Waals surface area (Å²) >= 11 is 0. The van der Waals surface area contributed by atoms with Gasteiger partial charge >= 0.3 is 0 Å². The first-order valence-electron chi connectivity index (χ1n) is 12.4. The average molecular weight is 475 g/mol. The Kier molecular flexibility index (Phi) is 7.66. The van der Waals surface area contributed by atoms with Crippen molar-refractivity contribution in [3.63, 3.8) is 0 Å². The lowest BCUT2D eigenvalue weighted by Gasteiger charge is -2.22. The molecule has 35 heavy (non-hydrogen) atoms. The molecule has 2 aliphatic heterocycles. The second kappa shape index (κ2) is 10.9. The molecule has 2 aromatic rings. The summed E-state index contributed by atoms with van der Waals surface area (Å²) in [5.41, 5.74) is 11.0. The lowest BCUT2D eigenvalue weighted by molar-refractivity contribution is -0.127. The van der Waals surface area contributed by atoms with Crippen molar-refractivity contribution in [2.45, 2.75) is 45.6 Å². The molecular weight excluding hydrogens is 440 g/mol. The van der Waals surface area contributed by atoms with Crippen LogP contribution in [0.2, 0.25) is 0 Å². The van der Waals surface area contributed by atoms with E-state index in [4.69, 9.17) is 5.73 Å². The van der Waals surface area contributed by atoms with Gasteiger partial charge in [0.25, 0.3) is 5.91 Å². The summed E-state index contributed by atoms with van der Waals surface area (Å²) in [4.78, 5) is 34.0. The third kappa shape index (κ3) is 5.62. The zero-order chi connectivity index (χ0) is 24.9. The van der Waals surface area contributed by atoms with Crippen LogP contribution in [-0.4, -0.2) is 64.8 Å². The Morgan fingerprint density at radius 3 is 2.40 bits per heavy atom. The molecule has 0 unspecified atom stereocenters. The van der Waals surface area contributed by atoms with Gasteiger partial charge in [-0.3, -0.25) is 9.59 Å². The zero-order valence-electron chi connectivity index (χ0n) is 20.5. The molecule has 0 aliphatic carbocycles. The van der Waals surface area contributed by atoms with Crippen molar-refractivity contribution in [1.82, 2.24) is 9.80 Å². The van der Waals surface area contributed by atoms with E-state index in [1.165, 1.54) is 0 Å². The highest BCUT2D eigenvalue weighted by Crippen LogP contribution is 2.32. The first kappa shape index (κ1) is 24.7. The van der Waals surface area contributed by atoms with Crippen LogP contribution in [0.1, 0.15) is 55.5 Å². The number of benzene rings is 2. The van der Waals surface area contributed by atoms with Gasteiger partial charge in [0.1, 0.15) is 5.84 Å². The molecule has 2 aromatic carbocycles. The van der Waals surface area contributed by atoms with E-state index in [2.05, 4.69) is 18.8 Å².